The van der Waals surface area contributed by atoms with Crippen LogP contribution in [0.2, 0.25) is 0 Å². The van der Waals surface area contributed by atoms with E-state index >= 15 is 0 Å². The Hall–Kier alpha value is -0.450. The van der Waals surface area contributed by atoms with Gasteiger partial charge in [-0.05, 0) is 20.8 Å². The van der Waals surface area contributed by atoms with Crippen molar-refractivity contribution >= 4 is 5.78 Å². The minimum Gasteiger partial charge on any atom is -0.374 e. The number of carbonyl (C=O) groups excluding carboxylic acids is 1. The van der Waals surface area contributed by atoms with Crippen molar-refractivity contribution in [1.82, 2.24) is 10.2 Å². The molecule has 1 aliphatic heterocycles. The second-order valence-corrected chi connectivity index (χ2v) is 4.36. The molecule has 4 nitrogen and oxygen atoms in total. The van der Waals surface area contributed by atoms with Crippen molar-refractivity contribution in [2.24, 2.45) is 0 Å². The summed E-state index contributed by atoms with van der Waals surface area (Å²) in [7, 11) is 0. The van der Waals surface area contributed by atoms with E-state index in [1.165, 1.54) is 0 Å². The molecule has 0 saturated carbocycles. The van der Waals surface area contributed by atoms with Crippen LogP contribution in [0.15, 0.2) is 0 Å². The Kier molecular flexibility index (Phi) is 4.70. The predicted molar refractivity (Wildman–Crippen MR) is 60.0 cm³/mol. The minimum atomic E-state index is -0.392. The molecular formula is C11H22N2O2. The van der Waals surface area contributed by atoms with Gasteiger partial charge in [-0.25, -0.2) is 0 Å². The average molecular weight is 214 g/mol. The zero-order valence-electron chi connectivity index (χ0n) is 10.0. The molecule has 0 unspecified atom stereocenters. The SMILES string of the molecule is CCOCC(=O)C(C)(C)N1CCNCC1. The fourth-order valence-electron chi connectivity index (χ4n) is 1.77. The van der Waals surface area contributed by atoms with Gasteiger partial charge < -0.3 is 10.1 Å². The normalized spacial score (nSPS) is 19.1. The molecule has 1 aliphatic rings. The van der Waals surface area contributed by atoms with Crippen molar-refractivity contribution in [2.45, 2.75) is 26.3 Å². The molecule has 1 N–H and O–H groups in total. The van der Waals surface area contributed by atoms with E-state index in [4.69, 9.17) is 4.74 Å². The van der Waals surface area contributed by atoms with Crippen molar-refractivity contribution in [3.8, 4) is 0 Å². The van der Waals surface area contributed by atoms with Gasteiger partial charge in [-0.2, -0.15) is 0 Å². The fraction of sp³-hybridized carbons (Fsp3) is 0.909. The number of hydrogen-bond donors (Lipinski definition) is 1. The first-order valence-electron chi connectivity index (χ1n) is 5.66. The first-order chi connectivity index (χ1) is 7.09. The molecule has 4 heteroatoms. The summed E-state index contributed by atoms with van der Waals surface area (Å²) in [6.45, 7) is 10.5. The number of nitrogens with one attached hydrogen (secondary N) is 1. The Morgan fingerprint density at radius 2 is 2.00 bits per heavy atom. The Balaban J connectivity index is 2.51. The standard InChI is InChI=1S/C11H22N2O2/c1-4-15-9-10(14)11(2,3)13-7-5-12-6-8-13/h12H,4-9H2,1-3H3. The van der Waals surface area contributed by atoms with E-state index in [0.29, 0.717) is 6.61 Å². The highest BCUT2D eigenvalue weighted by molar-refractivity contribution is 5.88. The molecule has 1 saturated heterocycles. The second kappa shape index (κ2) is 5.58. The molecule has 0 aromatic rings. The van der Waals surface area contributed by atoms with Gasteiger partial charge in [0.1, 0.15) is 6.61 Å². The van der Waals surface area contributed by atoms with Gasteiger partial charge in [0.2, 0.25) is 0 Å². The molecule has 88 valence electrons. The minimum absolute atomic E-state index is 0.172. The van der Waals surface area contributed by atoms with Crippen LogP contribution < -0.4 is 5.32 Å². The van der Waals surface area contributed by atoms with Crippen LogP contribution in [0.25, 0.3) is 0 Å². The number of piperazine rings is 1. The molecular weight excluding hydrogens is 192 g/mol. The van der Waals surface area contributed by atoms with Gasteiger partial charge in [0.05, 0.1) is 5.54 Å². The Morgan fingerprint density at radius 1 is 1.40 bits per heavy atom. The molecule has 1 rings (SSSR count). The first-order valence-corrected chi connectivity index (χ1v) is 5.66. The van der Waals surface area contributed by atoms with Gasteiger partial charge in [-0.1, -0.05) is 0 Å². The topological polar surface area (TPSA) is 41.6 Å². The largest absolute Gasteiger partial charge is 0.374 e. The summed E-state index contributed by atoms with van der Waals surface area (Å²) in [5.41, 5.74) is -0.392. The molecule has 0 amide bonds. The van der Waals surface area contributed by atoms with E-state index in [1.807, 2.05) is 20.8 Å². The van der Waals surface area contributed by atoms with Gasteiger partial charge in [0, 0.05) is 32.8 Å². The Morgan fingerprint density at radius 3 is 2.53 bits per heavy atom. The molecule has 0 bridgehead atoms. The lowest BCUT2D eigenvalue weighted by Gasteiger charge is -2.39. The van der Waals surface area contributed by atoms with Crippen LogP contribution >= 0.6 is 0 Å². The van der Waals surface area contributed by atoms with Crippen LogP contribution in [-0.4, -0.2) is 55.6 Å². The quantitative estimate of drug-likeness (QED) is 0.713. The summed E-state index contributed by atoms with van der Waals surface area (Å²) in [4.78, 5) is 14.2. The fourth-order valence-corrected chi connectivity index (χ4v) is 1.77. The van der Waals surface area contributed by atoms with Crippen LogP contribution in [0.3, 0.4) is 0 Å². The lowest BCUT2D eigenvalue weighted by atomic mass is 9.96. The number of nitrogens with zero attached hydrogens (tertiary/aromatic N) is 1. The predicted octanol–water partition coefficient (Wildman–Crippen LogP) is 0.276. The van der Waals surface area contributed by atoms with Crippen LogP contribution in [0.5, 0.6) is 0 Å². The van der Waals surface area contributed by atoms with Gasteiger partial charge in [0.15, 0.2) is 5.78 Å². The van der Waals surface area contributed by atoms with E-state index in [0.717, 1.165) is 26.2 Å². The second-order valence-electron chi connectivity index (χ2n) is 4.36. The third-order valence-corrected chi connectivity index (χ3v) is 3.03. The smallest absolute Gasteiger partial charge is 0.178 e. The molecule has 1 heterocycles. The number of rotatable bonds is 5. The van der Waals surface area contributed by atoms with Crippen molar-refractivity contribution in [3.05, 3.63) is 0 Å². The summed E-state index contributed by atoms with van der Waals surface area (Å²) in [5.74, 6) is 0.172. The summed E-state index contributed by atoms with van der Waals surface area (Å²) in [6.07, 6.45) is 0. The molecule has 1 fully saturated rings. The third-order valence-electron chi connectivity index (χ3n) is 3.03. The van der Waals surface area contributed by atoms with Crippen LogP contribution in [-0.2, 0) is 9.53 Å². The lowest BCUT2D eigenvalue weighted by molar-refractivity contribution is -0.134. The number of hydrogen-bond acceptors (Lipinski definition) is 4. The maximum Gasteiger partial charge on any atom is 0.178 e. The highest BCUT2D eigenvalue weighted by atomic mass is 16.5. The summed E-state index contributed by atoms with van der Waals surface area (Å²) >= 11 is 0. The van der Waals surface area contributed by atoms with Gasteiger partial charge in [-0.15, -0.1) is 0 Å². The highest BCUT2D eigenvalue weighted by Gasteiger charge is 2.34. The molecule has 0 aromatic heterocycles. The van der Waals surface area contributed by atoms with Crippen molar-refractivity contribution in [2.75, 3.05) is 39.4 Å². The number of carbonyl (C=O) groups is 1. The summed E-state index contributed by atoms with van der Waals surface area (Å²) in [6, 6.07) is 0. The van der Waals surface area contributed by atoms with Crippen LogP contribution in [0, 0.1) is 0 Å². The zero-order valence-corrected chi connectivity index (χ0v) is 10.0. The van der Waals surface area contributed by atoms with Gasteiger partial charge >= 0.3 is 0 Å². The van der Waals surface area contributed by atoms with E-state index < -0.39 is 5.54 Å². The molecule has 0 atom stereocenters. The summed E-state index contributed by atoms with van der Waals surface area (Å²) in [5, 5.41) is 3.28. The number of Topliss-reactive ketones (excluding diaryl/α,β-unsaturated/α-hetero) is 1. The third kappa shape index (κ3) is 3.26. The van der Waals surface area contributed by atoms with Gasteiger partial charge in [-0.3, -0.25) is 9.69 Å². The Bertz CT molecular complexity index is 211. The maximum atomic E-state index is 11.9. The Labute approximate surface area is 92.0 Å². The first kappa shape index (κ1) is 12.6. The van der Waals surface area contributed by atoms with Crippen molar-refractivity contribution in [3.63, 3.8) is 0 Å². The molecule has 0 radical (unpaired) electrons. The molecule has 15 heavy (non-hydrogen) atoms. The average Bonchev–Trinajstić information content (AvgIpc) is 2.27. The van der Waals surface area contributed by atoms with E-state index in [-0.39, 0.29) is 12.4 Å². The maximum absolute atomic E-state index is 11.9. The van der Waals surface area contributed by atoms with Gasteiger partial charge in [0.25, 0.3) is 0 Å². The number of ketones is 1. The van der Waals surface area contributed by atoms with Crippen molar-refractivity contribution < 1.29 is 9.53 Å². The highest BCUT2D eigenvalue weighted by Crippen LogP contribution is 2.16. The van der Waals surface area contributed by atoms with Crippen LogP contribution in [0.1, 0.15) is 20.8 Å². The van der Waals surface area contributed by atoms with E-state index in [9.17, 15) is 4.79 Å². The summed E-state index contributed by atoms with van der Waals surface area (Å²) < 4.78 is 5.18. The monoisotopic (exact) mass is 214 g/mol. The molecule has 0 spiro atoms. The van der Waals surface area contributed by atoms with Crippen molar-refractivity contribution in [1.29, 1.82) is 0 Å². The lowest BCUT2D eigenvalue weighted by Crippen LogP contribution is -2.57. The number of ether oxygens (including phenoxy) is 1. The molecule has 0 aliphatic carbocycles. The zero-order chi connectivity index (χ0) is 11.3. The molecule has 0 aromatic carbocycles. The van der Waals surface area contributed by atoms with E-state index in [2.05, 4.69) is 10.2 Å². The van der Waals surface area contributed by atoms with E-state index in [1.54, 1.807) is 0 Å². The van der Waals surface area contributed by atoms with Crippen LogP contribution in [0.4, 0.5) is 0 Å².